The lowest BCUT2D eigenvalue weighted by atomic mass is 9.98. The molecule has 37 heavy (non-hydrogen) atoms. The van der Waals surface area contributed by atoms with Crippen LogP contribution in [0.1, 0.15) is 42.5 Å². The van der Waals surface area contributed by atoms with Gasteiger partial charge in [0.25, 0.3) is 0 Å². The molecule has 3 aromatic rings. The Balaban J connectivity index is 2.06. The molecule has 1 unspecified atom stereocenters. The Hall–Kier alpha value is -2.01. The fourth-order valence-corrected chi connectivity index (χ4v) is 5.87. The van der Waals surface area contributed by atoms with E-state index >= 15 is 0 Å². The number of fused-ring (bicyclic) bond motifs is 1. The van der Waals surface area contributed by atoms with Gasteiger partial charge in [0.15, 0.2) is 0 Å². The summed E-state index contributed by atoms with van der Waals surface area (Å²) in [4.78, 5) is 25.7. The van der Waals surface area contributed by atoms with Gasteiger partial charge < -0.3 is 9.15 Å². The van der Waals surface area contributed by atoms with Crippen LogP contribution in [0.2, 0.25) is 0 Å². The minimum Gasteiger partial charge on any atom is -0.425 e. The topological polar surface area (TPSA) is 103 Å². The van der Waals surface area contributed by atoms with Gasteiger partial charge in [0.05, 0.1) is 4.90 Å². The molecule has 0 aliphatic rings. The Morgan fingerprint density at radius 1 is 1.14 bits per heavy atom. The Bertz CT molecular complexity index is 1450. The molecule has 1 aromatic heterocycles. The molecule has 0 radical (unpaired) electrons. The Morgan fingerprint density at radius 3 is 2.38 bits per heavy atom. The van der Waals surface area contributed by atoms with Crippen molar-refractivity contribution in [3.63, 3.8) is 0 Å². The Kier molecular flexibility index (Phi) is 9.77. The predicted molar refractivity (Wildman–Crippen MR) is 153 cm³/mol. The summed E-state index contributed by atoms with van der Waals surface area (Å²) in [5.74, 6) is -0.809. The fourth-order valence-electron chi connectivity index (χ4n) is 4.00. The SMILES string of the molecule is CC[C@@H](C)[C@H](NS(=O)(=O)c1ccc(C)cc1)C(=O)Oc1c(CC(Br)CBr)cc2c(C)cc(=O)oc2c1C. The van der Waals surface area contributed by atoms with Crippen molar-refractivity contribution in [1.82, 2.24) is 4.72 Å². The quantitative estimate of drug-likeness (QED) is 0.130. The van der Waals surface area contributed by atoms with Crippen LogP contribution in [-0.2, 0) is 21.2 Å². The van der Waals surface area contributed by atoms with Crippen molar-refractivity contribution in [3.05, 3.63) is 69.1 Å². The molecular weight excluding hydrogens is 626 g/mol. The van der Waals surface area contributed by atoms with E-state index in [1.807, 2.05) is 26.8 Å². The number of nitrogens with one attached hydrogen (secondary N) is 1. The second kappa shape index (κ2) is 12.2. The summed E-state index contributed by atoms with van der Waals surface area (Å²) in [6.45, 7) is 9.08. The fraction of sp³-hybridized carbons (Fsp3) is 0.407. The van der Waals surface area contributed by atoms with E-state index in [0.717, 1.165) is 22.1 Å². The lowest BCUT2D eigenvalue weighted by Crippen LogP contribution is -2.47. The third kappa shape index (κ3) is 6.90. The summed E-state index contributed by atoms with van der Waals surface area (Å²) in [6.07, 6.45) is 1.06. The van der Waals surface area contributed by atoms with Crippen LogP contribution in [-0.4, -0.2) is 30.6 Å². The van der Waals surface area contributed by atoms with Crippen molar-refractivity contribution in [2.24, 2.45) is 5.92 Å². The smallest absolute Gasteiger partial charge is 0.336 e. The zero-order valence-electron chi connectivity index (χ0n) is 21.4. The van der Waals surface area contributed by atoms with Gasteiger partial charge in [0, 0.05) is 27.2 Å². The molecular formula is C27H31Br2NO6S. The summed E-state index contributed by atoms with van der Waals surface area (Å²) in [5, 5.41) is 1.41. The molecule has 1 heterocycles. The number of ether oxygens (including phenoxy) is 1. The predicted octanol–water partition coefficient (Wildman–Crippen LogP) is 5.72. The van der Waals surface area contributed by atoms with E-state index in [-0.39, 0.29) is 21.4 Å². The third-order valence-corrected chi connectivity index (χ3v) is 10.1. The maximum Gasteiger partial charge on any atom is 0.336 e. The summed E-state index contributed by atoms with van der Waals surface area (Å²) in [7, 11) is -3.98. The average molecular weight is 657 g/mol. The normalized spacial score (nSPS) is 14.4. The molecule has 0 amide bonds. The molecule has 3 atom stereocenters. The highest BCUT2D eigenvalue weighted by Gasteiger charge is 2.32. The van der Waals surface area contributed by atoms with E-state index in [1.165, 1.54) is 18.2 Å². The number of esters is 1. The molecule has 0 saturated heterocycles. The minimum atomic E-state index is -3.98. The first-order valence-corrected chi connectivity index (χ1v) is 15.5. The van der Waals surface area contributed by atoms with Crippen LogP contribution in [0.5, 0.6) is 5.75 Å². The van der Waals surface area contributed by atoms with Crippen molar-refractivity contribution in [2.45, 2.75) is 63.2 Å². The molecule has 3 rings (SSSR count). The second-order valence-electron chi connectivity index (χ2n) is 9.29. The largest absolute Gasteiger partial charge is 0.425 e. The maximum atomic E-state index is 13.5. The molecule has 0 spiro atoms. The number of aryl methyl sites for hydroxylation is 3. The van der Waals surface area contributed by atoms with Crippen LogP contribution in [0.15, 0.2) is 50.5 Å². The van der Waals surface area contributed by atoms with Crippen molar-refractivity contribution >= 4 is 58.8 Å². The number of sulfonamides is 1. The van der Waals surface area contributed by atoms with Crippen molar-refractivity contribution in [3.8, 4) is 5.75 Å². The third-order valence-electron chi connectivity index (χ3n) is 6.39. The van der Waals surface area contributed by atoms with E-state index < -0.39 is 27.7 Å². The highest BCUT2D eigenvalue weighted by Crippen LogP contribution is 2.35. The van der Waals surface area contributed by atoms with Gasteiger partial charge >= 0.3 is 11.6 Å². The van der Waals surface area contributed by atoms with E-state index in [2.05, 4.69) is 36.6 Å². The second-order valence-corrected chi connectivity index (χ2v) is 12.9. The highest BCUT2D eigenvalue weighted by molar-refractivity contribution is 9.12. The number of carbonyl (C=O) groups excluding carboxylic acids is 1. The highest BCUT2D eigenvalue weighted by atomic mass is 79.9. The van der Waals surface area contributed by atoms with E-state index in [0.29, 0.717) is 29.3 Å². The van der Waals surface area contributed by atoms with Crippen LogP contribution < -0.4 is 15.1 Å². The summed E-state index contributed by atoms with van der Waals surface area (Å²) in [6, 6.07) is 8.56. The number of hydrogen-bond acceptors (Lipinski definition) is 6. The first kappa shape index (κ1) is 29.5. The van der Waals surface area contributed by atoms with Crippen LogP contribution >= 0.6 is 31.9 Å². The number of hydrogen-bond donors (Lipinski definition) is 1. The number of rotatable bonds is 10. The van der Waals surface area contributed by atoms with Gasteiger partial charge in [-0.25, -0.2) is 18.0 Å². The van der Waals surface area contributed by atoms with Gasteiger partial charge in [0.2, 0.25) is 10.0 Å². The molecule has 0 saturated carbocycles. The zero-order valence-corrected chi connectivity index (χ0v) is 25.4. The molecule has 0 aliphatic carbocycles. The van der Waals surface area contributed by atoms with Gasteiger partial charge in [-0.15, -0.1) is 0 Å². The lowest BCUT2D eigenvalue weighted by Gasteiger charge is -2.24. The molecule has 7 nitrogen and oxygen atoms in total. The Labute approximate surface area is 234 Å². The number of benzene rings is 2. The van der Waals surface area contributed by atoms with Gasteiger partial charge in [0.1, 0.15) is 17.4 Å². The molecule has 10 heteroatoms. The maximum absolute atomic E-state index is 13.5. The standard InChI is InChI=1S/C27H31Br2NO6S/c1-6-16(3)24(30-37(33,34)21-9-7-15(2)8-10-21)27(32)36-25-18(5)26-22(17(4)11-23(31)35-26)13-19(25)12-20(29)14-28/h7-11,13,16,20,24,30H,6,12,14H2,1-5H3/t16-,20?,24+/m1/s1. The van der Waals surface area contributed by atoms with Gasteiger partial charge in [-0.05, 0) is 62.4 Å². The van der Waals surface area contributed by atoms with Crippen molar-refractivity contribution in [2.75, 3.05) is 5.33 Å². The summed E-state index contributed by atoms with van der Waals surface area (Å²) >= 11 is 7.07. The average Bonchev–Trinajstić information content (AvgIpc) is 2.85. The van der Waals surface area contributed by atoms with Crippen molar-refractivity contribution in [1.29, 1.82) is 0 Å². The summed E-state index contributed by atoms with van der Waals surface area (Å²) in [5.41, 5.74) is 2.75. The number of carbonyl (C=O) groups is 1. The number of alkyl halides is 2. The minimum absolute atomic E-state index is 0.0447. The molecule has 2 aromatic carbocycles. The van der Waals surface area contributed by atoms with E-state index in [1.54, 1.807) is 26.0 Å². The van der Waals surface area contributed by atoms with Gasteiger partial charge in [-0.1, -0.05) is 69.8 Å². The first-order valence-electron chi connectivity index (χ1n) is 12.0. The zero-order chi connectivity index (χ0) is 27.5. The lowest BCUT2D eigenvalue weighted by molar-refractivity contribution is -0.137. The monoisotopic (exact) mass is 655 g/mol. The van der Waals surface area contributed by atoms with E-state index in [4.69, 9.17) is 9.15 Å². The molecule has 200 valence electrons. The Morgan fingerprint density at radius 2 is 1.78 bits per heavy atom. The molecule has 0 aliphatic heterocycles. The van der Waals surface area contributed by atoms with Crippen molar-refractivity contribution < 1.29 is 22.4 Å². The van der Waals surface area contributed by atoms with Crippen LogP contribution in [0.4, 0.5) is 0 Å². The van der Waals surface area contributed by atoms with Crippen LogP contribution in [0.25, 0.3) is 11.0 Å². The molecule has 0 bridgehead atoms. The van der Waals surface area contributed by atoms with E-state index in [9.17, 15) is 18.0 Å². The van der Waals surface area contributed by atoms with Gasteiger partial charge in [-0.2, -0.15) is 4.72 Å². The summed E-state index contributed by atoms with van der Waals surface area (Å²) < 4.78 is 40.2. The molecule has 0 fully saturated rings. The van der Waals surface area contributed by atoms with Gasteiger partial charge in [-0.3, -0.25) is 0 Å². The first-order chi connectivity index (χ1) is 17.4. The number of halogens is 2. The van der Waals surface area contributed by atoms with Crippen LogP contribution in [0, 0.1) is 26.7 Å². The molecule has 1 N–H and O–H groups in total. The van der Waals surface area contributed by atoms with Crippen LogP contribution in [0.3, 0.4) is 0 Å².